The molecule has 98 heavy (non-hydrogen) atoms. The predicted octanol–water partition coefficient (Wildman–Crippen LogP) is 23.8. The van der Waals surface area contributed by atoms with Crippen LogP contribution in [0.3, 0.4) is 0 Å². The zero-order valence-electron chi connectivity index (χ0n) is 63.8. The topological polar surface area (TPSA) is 237 Å². The molecule has 19 heteroatoms. The summed E-state index contributed by atoms with van der Waals surface area (Å²) in [5.74, 6) is -2.10. The lowest BCUT2D eigenvalue weighted by atomic mass is 10.0. The summed E-state index contributed by atoms with van der Waals surface area (Å²) in [7, 11) is -9.91. The number of carbonyl (C=O) groups is 4. The van der Waals surface area contributed by atoms with Crippen LogP contribution in [-0.4, -0.2) is 96.7 Å². The largest absolute Gasteiger partial charge is 0.472 e. The van der Waals surface area contributed by atoms with Gasteiger partial charge in [0, 0.05) is 25.7 Å². The van der Waals surface area contributed by atoms with Crippen molar-refractivity contribution < 1.29 is 80.2 Å². The zero-order valence-corrected chi connectivity index (χ0v) is 65.6. The van der Waals surface area contributed by atoms with Gasteiger partial charge in [0.2, 0.25) is 0 Å². The Morgan fingerprint density at radius 3 is 0.602 bits per heavy atom. The van der Waals surface area contributed by atoms with Gasteiger partial charge in [0.25, 0.3) is 0 Å². The van der Waals surface area contributed by atoms with Crippen LogP contribution in [-0.2, 0) is 65.4 Å². The molecule has 582 valence electrons. The minimum absolute atomic E-state index is 0.109. The number of aliphatic hydroxyl groups is 1. The third-order valence-electron chi connectivity index (χ3n) is 18.6. The second-order valence-corrected chi connectivity index (χ2v) is 31.4. The third kappa shape index (κ3) is 72.4. The smallest absolute Gasteiger partial charge is 0.462 e. The lowest BCUT2D eigenvalue weighted by Crippen LogP contribution is -2.30. The van der Waals surface area contributed by atoms with Crippen molar-refractivity contribution in [3.63, 3.8) is 0 Å². The van der Waals surface area contributed by atoms with Gasteiger partial charge in [-0.1, -0.05) is 374 Å². The van der Waals surface area contributed by atoms with E-state index in [9.17, 15) is 43.2 Å². The summed E-state index contributed by atoms with van der Waals surface area (Å²) in [6, 6.07) is 0. The summed E-state index contributed by atoms with van der Waals surface area (Å²) >= 11 is 0. The summed E-state index contributed by atoms with van der Waals surface area (Å²) in [5, 5.41) is 10.6. The maximum atomic E-state index is 13.1. The Hall–Kier alpha value is -1.94. The summed E-state index contributed by atoms with van der Waals surface area (Å²) in [4.78, 5) is 73.0. The van der Waals surface area contributed by atoms with Crippen molar-refractivity contribution in [2.24, 2.45) is 0 Å². The Morgan fingerprint density at radius 1 is 0.245 bits per heavy atom. The molecule has 0 heterocycles. The van der Waals surface area contributed by atoms with Gasteiger partial charge in [-0.25, -0.2) is 9.13 Å². The first-order valence-corrected chi connectivity index (χ1v) is 44.3. The van der Waals surface area contributed by atoms with Crippen LogP contribution in [0.15, 0.2) is 0 Å². The van der Waals surface area contributed by atoms with E-state index in [1.165, 1.54) is 257 Å². The van der Waals surface area contributed by atoms with Gasteiger partial charge in [-0.2, -0.15) is 0 Å². The number of esters is 4. The van der Waals surface area contributed by atoms with Crippen LogP contribution in [0.25, 0.3) is 0 Å². The van der Waals surface area contributed by atoms with E-state index in [0.29, 0.717) is 25.7 Å². The van der Waals surface area contributed by atoms with Crippen LogP contribution >= 0.6 is 15.6 Å². The molecule has 0 fully saturated rings. The van der Waals surface area contributed by atoms with Gasteiger partial charge in [0.1, 0.15) is 19.3 Å². The molecule has 3 N–H and O–H groups in total. The Bertz CT molecular complexity index is 1860. The molecule has 0 radical (unpaired) electrons. The molecule has 0 aromatic rings. The lowest BCUT2D eigenvalue weighted by molar-refractivity contribution is -0.161. The number of carbonyl (C=O) groups excluding carboxylic acids is 4. The van der Waals surface area contributed by atoms with Crippen LogP contribution in [0.2, 0.25) is 0 Å². The van der Waals surface area contributed by atoms with E-state index in [0.717, 1.165) is 89.9 Å². The van der Waals surface area contributed by atoms with E-state index < -0.39 is 97.5 Å². The fourth-order valence-electron chi connectivity index (χ4n) is 12.3. The van der Waals surface area contributed by atoms with Gasteiger partial charge in [-0.05, 0) is 25.7 Å². The van der Waals surface area contributed by atoms with E-state index in [4.69, 9.17) is 37.0 Å². The average Bonchev–Trinajstić information content (AvgIpc) is 0.969. The maximum absolute atomic E-state index is 13.1. The molecule has 0 aromatic carbocycles. The number of hydrogen-bond donors (Lipinski definition) is 3. The van der Waals surface area contributed by atoms with E-state index >= 15 is 0 Å². The first-order valence-electron chi connectivity index (χ1n) is 41.3. The molecule has 2 unspecified atom stereocenters. The third-order valence-corrected chi connectivity index (χ3v) is 20.5. The molecule has 0 saturated heterocycles. The number of rotatable bonds is 80. The van der Waals surface area contributed by atoms with Crippen LogP contribution in [0.1, 0.15) is 426 Å². The van der Waals surface area contributed by atoms with Crippen LogP contribution < -0.4 is 0 Å². The number of phosphoric acid groups is 2. The Morgan fingerprint density at radius 2 is 0.408 bits per heavy atom. The zero-order chi connectivity index (χ0) is 71.8. The highest BCUT2D eigenvalue weighted by atomic mass is 31.2. The SMILES string of the molecule is CCCCCCCCCCCCCCCCCCCC(=O)OC[C@H](COP(=O)(O)OC[C@H](O)COP(=O)(O)OC[C@@H](COC(=O)CCCCCCCCCCCCCCCCC)OC(=O)CCCCCCCCCCCCCCC)OC(=O)CCCCCCCCCCCCCCC. The highest BCUT2D eigenvalue weighted by Gasteiger charge is 2.30. The quantitative estimate of drug-likeness (QED) is 0.0222. The van der Waals surface area contributed by atoms with Crippen molar-refractivity contribution in [2.75, 3.05) is 39.6 Å². The average molecular weight is 1440 g/mol. The number of aliphatic hydroxyl groups excluding tert-OH is 1. The van der Waals surface area contributed by atoms with Crippen LogP contribution in [0, 0.1) is 0 Å². The molecule has 0 aliphatic heterocycles. The minimum Gasteiger partial charge on any atom is -0.462 e. The summed E-state index contributed by atoms with van der Waals surface area (Å²) < 4.78 is 68.7. The molecule has 5 atom stereocenters. The molecule has 17 nitrogen and oxygen atoms in total. The molecule has 0 rings (SSSR count). The molecular formula is C79H154O17P2. The van der Waals surface area contributed by atoms with Crippen molar-refractivity contribution in [3.8, 4) is 0 Å². The van der Waals surface area contributed by atoms with Crippen LogP contribution in [0.5, 0.6) is 0 Å². The predicted molar refractivity (Wildman–Crippen MR) is 400 cm³/mol. The fraction of sp³-hybridized carbons (Fsp3) is 0.949. The molecule has 0 aromatic heterocycles. The van der Waals surface area contributed by atoms with Crippen molar-refractivity contribution in [1.82, 2.24) is 0 Å². The van der Waals surface area contributed by atoms with E-state index in [1.54, 1.807) is 0 Å². The van der Waals surface area contributed by atoms with Gasteiger partial charge in [0.15, 0.2) is 12.2 Å². The van der Waals surface area contributed by atoms with Crippen LogP contribution in [0.4, 0.5) is 0 Å². The van der Waals surface area contributed by atoms with Crippen molar-refractivity contribution in [3.05, 3.63) is 0 Å². The number of phosphoric ester groups is 2. The maximum Gasteiger partial charge on any atom is 0.472 e. The normalized spacial score (nSPS) is 13.8. The highest BCUT2D eigenvalue weighted by Crippen LogP contribution is 2.45. The van der Waals surface area contributed by atoms with Crippen molar-refractivity contribution >= 4 is 39.5 Å². The van der Waals surface area contributed by atoms with Crippen molar-refractivity contribution in [2.45, 2.75) is 444 Å². The molecule has 0 aliphatic rings. The number of ether oxygens (including phenoxy) is 4. The second-order valence-electron chi connectivity index (χ2n) is 28.5. The van der Waals surface area contributed by atoms with E-state index in [-0.39, 0.29) is 25.7 Å². The van der Waals surface area contributed by atoms with Gasteiger partial charge in [-0.3, -0.25) is 37.3 Å². The Balaban J connectivity index is 5.24. The Kier molecular flexibility index (Phi) is 71.9. The molecule has 0 saturated carbocycles. The van der Waals surface area contributed by atoms with Crippen molar-refractivity contribution in [1.29, 1.82) is 0 Å². The number of unbranched alkanes of at least 4 members (excludes halogenated alkanes) is 54. The molecule has 0 bridgehead atoms. The molecule has 0 spiro atoms. The van der Waals surface area contributed by atoms with Gasteiger partial charge >= 0.3 is 39.5 Å². The lowest BCUT2D eigenvalue weighted by Gasteiger charge is -2.21. The van der Waals surface area contributed by atoms with E-state index in [1.807, 2.05) is 0 Å². The summed E-state index contributed by atoms with van der Waals surface area (Å²) in [6.45, 7) is 5.03. The van der Waals surface area contributed by atoms with Gasteiger partial charge in [-0.15, -0.1) is 0 Å². The first kappa shape index (κ1) is 96.1. The molecule has 0 amide bonds. The van der Waals surface area contributed by atoms with Gasteiger partial charge in [0.05, 0.1) is 26.4 Å². The fourth-order valence-corrected chi connectivity index (χ4v) is 13.9. The second kappa shape index (κ2) is 73.4. The Labute approximate surface area is 600 Å². The van der Waals surface area contributed by atoms with Gasteiger partial charge < -0.3 is 33.8 Å². The molecular weight excluding hydrogens is 1280 g/mol. The van der Waals surface area contributed by atoms with E-state index in [2.05, 4.69) is 27.7 Å². The minimum atomic E-state index is -4.96. The monoisotopic (exact) mass is 1440 g/mol. The highest BCUT2D eigenvalue weighted by molar-refractivity contribution is 7.47. The summed E-state index contributed by atoms with van der Waals surface area (Å²) in [6.07, 6.45) is 65.0. The number of hydrogen-bond acceptors (Lipinski definition) is 15. The standard InChI is InChI=1S/C79H154O17P2/c1-5-9-13-17-21-25-29-33-35-36-38-42-44-48-52-56-60-64-77(82)90-70-75(96-79(84)66-62-58-54-50-46-40-32-28-24-20-16-12-8-4)72-94-98(87,88)92-68-73(80)67-91-97(85,86)93-71-74(95-78(83)65-61-57-53-49-45-39-31-27-23-19-15-11-7-3)69-89-76(81)63-59-55-51-47-43-41-37-34-30-26-22-18-14-10-6-2/h73-75,80H,5-72H2,1-4H3,(H,85,86)(H,87,88)/t73-,74-,75-/m1/s1. The first-order chi connectivity index (χ1) is 47.7. The summed E-state index contributed by atoms with van der Waals surface area (Å²) in [5.41, 5.74) is 0. The molecule has 0 aliphatic carbocycles.